The Balaban J connectivity index is 2.66. The smallest absolute Gasteiger partial charge is 0.0465 e. The van der Waals surface area contributed by atoms with E-state index in [9.17, 15) is 0 Å². The van der Waals surface area contributed by atoms with Gasteiger partial charge in [-0.15, -0.1) is 0 Å². The first-order chi connectivity index (χ1) is 8.29. The van der Waals surface area contributed by atoms with E-state index in [1.807, 2.05) is 0 Å². The Morgan fingerprint density at radius 1 is 1.24 bits per heavy atom. The van der Waals surface area contributed by atoms with Gasteiger partial charge in [-0.25, -0.2) is 0 Å². The summed E-state index contributed by atoms with van der Waals surface area (Å²) in [4.78, 5) is 0. The number of hydrogen-bond donors (Lipinski definition) is 1. The third-order valence-corrected chi connectivity index (χ3v) is 3.31. The molecule has 0 aliphatic heterocycles. The summed E-state index contributed by atoms with van der Waals surface area (Å²) in [5.41, 5.74) is 1.43. The fourth-order valence-electron chi connectivity index (χ4n) is 2.15. The molecule has 1 aromatic carbocycles. The van der Waals surface area contributed by atoms with Crippen LogP contribution in [0.4, 0.5) is 0 Å². The van der Waals surface area contributed by atoms with Gasteiger partial charge in [-0.1, -0.05) is 44.2 Å². The lowest BCUT2D eigenvalue weighted by molar-refractivity contribution is 0.174. The highest BCUT2D eigenvalue weighted by atomic mass is 16.5. The molecule has 2 unspecified atom stereocenters. The van der Waals surface area contributed by atoms with Crippen molar-refractivity contribution in [1.29, 1.82) is 0 Å². The average Bonchev–Trinajstić information content (AvgIpc) is 2.38. The van der Waals surface area contributed by atoms with Gasteiger partial charge in [0.25, 0.3) is 0 Å². The van der Waals surface area contributed by atoms with Crippen LogP contribution in [0.1, 0.15) is 31.7 Å². The number of nitrogens with one attached hydrogen (secondary N) is 1. The maximum Gasteiger partial charge on any atom is 0.0465 e. The second-order valence-corrected chi connectivity index (χ2v) is 4.58. The van der Waals surface area contributed by atoms with E-state index in [1.54, 1.807) is 7.11 Å². The standard InChI is InChI=1S/C15H25NO/c1-4-16-12-15(13(2)10-11-17-3)14-8-6-5-7-9-14/h5-9,13,15-16H,4,10-12H2,1-3H3. The maximum atomic E-state index is 5.18. The Hall–Kier alpha value is -0.860. The molecule has 0 spiro atoms. The van der Waals surface area contributed by atoms with Crippen molar-refractivity contribution in [2.24, 2.45) is 5.92 Å². The summed E-state index contributed by atoms with van der Waals surface area (Å²) in [5.74, 6) is 1.21. The molecule has 0 heterocycles. The van der Waals surface area contributed by atoms with Crippen LogP contribution >= 0.6 is 0 Å². The van der Waals surface area contributed by atoms with E-state index in [0.717, 1.165) is 26.1 Å². The van der Waals surface area contributed by atoms with Gasteiger partial charge in [-0.3, -0.25) is 0 Å². The minimum atomic E-state index is 0.575. The molecule has 0 aliphatic carbocycles. The molecule has 0 fully saturated rings. The monoisotopic (exact) mass is 235 g/mol. The quantitative estimate of drug-likeness (QED) is 0.747. The first kappa shape index (κ1) is 14.2. The van der Waals surface area contributed by atoms with Gasteiger partial charge in [0.05, 0.1) is 0 Å². The second kappa shape index (κ2) is 8.26. The summed E-state index contributed by atoms with van der Waals surface area (Å²) in [5, 5.41) is 3.46. The topological polar surface area (TPSA) is 21.3 Å². The maximum absolute atomic E-state index is 5.18. The average molecular weight is 235 g/mol. The van der Waals surface area contributed by atoms with Crippen LogP contribution in [0.2, 0.25) is 0 Å². The van der Waals surface area contributed by atoms with Gasteiger partial charge in [0.1, 0.15) is 0 Å². The molecule has 1 aromatic rings. The van der Waals surface area contributed by atoms with Crippen LogP contribution in [0, 0.1) is 5.92 Å². The molecule has 0 aliphatic rings. The normalized spacial score (nSPS) is 14.5. The Labute approximate surface area is 105 Å². The van der Waals surface area contributed by atoms with Gasteiger partial charge in [0.2, 0.25) is 0 Å². The number of rotatable bonds is 8. The third kappa shape index (κ3) is 4.88. The van der Waals surface area contributed by atoms with Crippen LogP contribution in [-0.2, 0) is 4.74 Å². The number of methoxy groups -OCH3 is 1. The van der Waals surface area contributed by atoms with E-state index in [-0.39, 0.29) is 0 Å². The molecule has 0 aromatic heterocycles. The van der Waals surface area contributed by atoms with Crippen LogP contribution < -0.4 is 5.32 Å². The Kier molecular flexibility index (Phi) is 6.90. The van der Waals surface area contributed by atoms with Gasteiger partial charge in [0, 0.05) is 20.3 Å². The second-order valence-electron chi connectivity index (χ2n) is 4.58. The molecule has 0 amide bonds. The number of hydrogen-bond acceptors (Lipinski definition) is 2. The van der Waals surface area contributed by atoms with Crippen molar-refractivity contribution in [2.75, 3.05) is 26.8 Å². The Morgan fingerprint density at radius 3 is 2.53 bits per heavy atom. The van der Waals surface area contributed by atoms with Gasteiger partial charge >= 0.3 is 0 Å². The minimum absolute atomic E-state index is 0.575. The largest absolute Gasteiger partial charge is 0.385 e. The highest BCUT2D eigenvalue weighted by molar-refractivity contribution is 5.20. The summed E-state index contributed by atoms with van der Waals surface area (Å²) < 4.78 is 5.18. The van der Waals surface area contributed by atoms with Crippen molar-refractivity contribution in [3.8, 4) is 0 Å². The van der Waals surface area contributed by atoms with E-state index in [4.69, 9.17) is 4.74 Å². The molecule has 0 saturated carbocycles. The molecule has 0 saturated heterocycles. The van der Waals surface area contributed by atoms with Crippen LogP contribution in [0.3, 0.4) is 0 Å². The van der Waals surface area contributed by atoms with Crippen LogP contribution in [0.5, 0.6) is 0 Å². The number of ether oxygens (including phenoxy) is 1. The van der Waals surface area contributed by atoms with Gasteiger partial charge in [-0.05, 0) is 30.4 Å². The molecule has 0 radical (unpaired) electrons. The van der Waals surface area contributed by atoms with Crippen LogP contribution in [0.15, 0.2) is 30.3 Å². The molecular weight excluding hydrogens is 210 g/mol. The molecule has 1 rings (SSSR count). The molecule has 96 valence electrons. The van der Waals surface area contributed by atoms with Crippen molar-refractivity contribution in [2.45, 2.75) is 26.2 Å². The summed E-state index contributed by atoms with van der Waals surface area (Å²) in [6.07, 6.45) is 1.11. The Bertz CT molecular complexity index is 286. The van der Waals surface area contributed by atoms with Gasteiger partial charge in [0.15, 0.2) is 0 Å². The van der Waals surface area contributed by atoms with Crippen LogP contribution in [0.25, 0.3) is 0 Å². The van der Waals surface area contributed by atoms with Crippen LogP contribution in [-0.4, -0.2) is 26.8 Å². The van der Waals surface area contributed by atoms with Gasteiger partial charge < -0.3 is 10.1 Å². The van der Waals surface area contributed by atoms with E-state index < -0.39 is 0 Å². The highest BCUT2D eigenvalue weighted by Crippen LogP contribution is 2.26. The summed E-state index contributed by atoms with van der Waals surface area (Å²) in [6, 6.07) is 10.8. The molecule has 0 bridgehead atoms. The van der Waals surface area contributed by atoms with Crippen molar-refractivity contribution in [1.82, 2.24) is 5.32 Å². The van der Waals surface area contributed by atoms with Crippen molar-refractivity contribution >= 4 is 0 Å². The fraction of sp³-hybridized carbons (Fsp3) is 0.600. The zero-order valence-electron chi connectivity index (χ0n) is 11.3. The lowest BCUT2D eigenvalue weighted by atomic mass is 9.85. The van der Waals surface area contributed by atoms with E-state index in [1.165, 1.54) is 5.56 Å². The highest BCUT2D eigenvalue weighted by Gasteiger charge is 2.18. The molecule has 2 nitrogen and oxygen atoms in total. The zero-order chi connectivity index (χ0) is 12.5. The molecule has 17 heavy (non-hydrogen) atoms. The minimum Gasteiger partial charge on any atom is -0.385 e. The zero-order valence-corrected chi connectivity index (χ0v) is 11.3. The van der Waals surface area contributed by atoms with Crippen molar-refractivity contribution in [3.05, 3.63) is 35.9 Å². The molecule has 1 N–H and O–H groups in total. The van der Waals surface area contributed by atoms with E-state index in [2.05, 4.69) is 49.5 Å². The third-order valence-electron chi connectivity index (χ3n) is 3.31. The number of benzene rings is 1. The number of likely N-dealkylation sites (N-methyl/N-ethyl adjacent to an activating group) is 1. The fourth-order valence-corrected chi connectivity index (χ4v) is 2.15. The lowest BCUT2D eigenvalue weighted by Crippen LogP contribution is -2.26. The molecule has 2 heteroatoms. The predicted molar refractivity (Wildman–Crippen MR) is 73.4 cm³/mol. The van der Waals surface area contributed by atoms with Gasteiger partial charge in [-0.2, -0.15) is 0 Å². The SMILES string of the molecule is CCNCC(c1ccccc1)C(C)CCOC. The van der Waals surface area contributed by atoms with E-state index >= 15 is 0 Å². The first-order valence-corrected chi connectivity index (χ1v) is 6.54. The van der Waals surface area contributed by atoms with Crippen molar-refractivity contribution < 1.29 is 4.74 Å². The lowest BCUT2D eigenvalue weighted by Gasteiger charge is -2.24. The van der Waals surface area contributed by atoms with Crippen molar-refractivity contribution in [3.63, 3.8) is 0 Å². The summed E-state index contributed by atoms with van der Waals surface area (Å²) in [7, 11) is 1.77. The summed E-state index contributed by atoms with van der Waals surface area (Å²) >= 11 is 0. The summed E-state index contributed by atoms with van der Waals surface area (Å²) in [6.45, 7) is 7.39. The van der Waals surface area contributed by atoms with E-state index in [0.29, 0.717) is 11.8 Å². The first-order valence-electron chi connectivity index (χ1n) is 6.54. The molecular formula is C15H25NO. The predicted octanol–water partition coefficient (Wildman–Crippen LogP) is 3.05. The Morgan fingerprint density at radius 2 is 1.94 bits per heavy atom. The molecule has 2 atom stereocenters.